The number of carbonyl (C=O) groups excluding carboxylic acids is 1. The minimum Gasteiger partial charge on any atom is -0.345 e. The van der Waals surface area contributed by atoms with Crippen molar-refractivity contribution in [2.24, 2.45) is 0 Å². The lowest BCUT2D eigenvalue weighted by Crippen LogP contribution is -2.30. The molecule has 1 aromatic heterocycles. The maximum absolute atomic E-state index is 12.3. The lowest BCUT2D eigenvalue weighted by atomic mass is 10.0. The molecule has 1 amide bonds. The van der Waals surface area contributed by atoms with Gasteiger partial charge in [0.1, 0.15) is 0 Å². The summed E-state index contributed by atoms with van der Waals surface area (Å²) in [5, 5.41) is 3.83. The Kier molecular flexibility index (Phi) is 4.73. The van der Waals surface area contributed by atoms with Crippen molar-refractivity contribution in [1.29, 1.82) is 0 Å². The van der Waals surface area contributed by atoms with Crippen molar-refractivity contribution >= 4 is 5.91 Å². The van der Waals surface area contributed by atoms with Gasteiger partial charge in [-0.1, -0.05) is 28.9 Å². The van der Waals surface area contributed by atoms with Gasteiger partial charge >= 0.3 is 0 Å². The number of aryl methyl sites for hydroxylation is 3. The molecule has 0 aliphatic carbocycles. The summed E-state index contributed by atoms with van der Waals surface area (Å²) in [6.07, 6.45) is 1.03. The summed E-state index contributed by atoms with van der Waals surface area (Å²) < 4.78 is 4.92. The third-order valence-electron chi connectivity index (χ3n) is 3.51. The quantitative estimate of drug-likeness (QED) is 0.846. The number of amides is 1. The van der Waals surface area contributed by atoms with Gasteiger partial charge in [0.2, 0.25) is 11.8 Å². The van der Waals surface area contributed by atoms with Crippen LogP contribution < -0.4 is 0 Å². The summed E-state index contributed by atoms with van der Waals surface area (Å²) in [6.45, 7) is 6.41. The second-order valence-corrected chi connectivity index (χ2v) is 5.40. The Balaban J connectivity index is 1.91. The van der Waals surface area contributed by atoms with Gasteiger partial charge in [0.25, 0.3) is 0 Å². The fraction of sp³-hybridized carbons (Fsp3) is 0.438. The van der Waals surface area contributed by atoms with Crippen LogP contribution in [-0.4, -0.2) is 34.5 Å². The molecule has 1 aromatic carbocycles. The molecular weight excluding hydrogens is 266 g/mol. The van der Waals surface area contributed by atoms with Crippen LogP contribution in [0.2, 0.25) is 0 Å². The zero-order chi connectivity index (χ0) is 15.4. The van der Waals surface area contributed by atoms with E-state index in [0.717, 1.165) is 11.1 Å². The molecule has 0 fully saturated rings. The van der Waals surface area contributed by atoms with Gasteiger partial charge in [0.05, 0.1) is 6.42 Å². The van der Waals surface area contributed by atoms with Gasteiger partial charge in [-0.3, -0.25) is 4.79 Å². The molecule has 1 heterocycles. The van der Waals surface area contributed by atoms with Crippen molar-refractivity contribution < 1.29 is 9.32 Å². The number of benzene rings is 1. The van der Waals surface area contributed by atoms with Gasteiger partial charge in [-0.05, 0) is 25.0 Å². The maximum Gasteiger partial charge on any atom is 0.226 e. The fourth-order valence-electron chi connectivity index (χ4n) is 2.12. The number of hydrogen-bond donors (Lipinski definition) is 0. The highest BCUT2D eigenvalue weighted by atomic mass is 16.5. The van der Waals surface area contributed by atoms with Crippen LogP contribution in [0.1, 0.15) is 28.4 Å². The van der Waals surface area contributed by atoms with Crippen LogP contribution in [0, 0.1) is 20.8 Å². The molecule has 0 atom stereocenters. The maximum atomic E-state index is 12.3. The van der Waals surface area contributed by atoms with Gasteiger partial charge in [-0.25, -0.2) is 0 Å². The van der Waals surface area contributed by atoms with Gasteiger partial charge in [-0.15, -0.1) is 0 Å². The Bertz CT molecular complexity index is 634. The van der Waals surface area contributed by atoms with Crippen LogP contribution in [0.3, 0.4) is 0 Å². The van der Waals surface area contributed by atoms with E-state index in [4.69, 9.17) is 4.52 Å². The van der Waals surface area contributed by atoms with Crippen molar-refractivity contribution in [3.63, 3.8) is 0 Å². The number of hydrogen-bond acceptors (Lipinski definition) is 4. The van der Waals surface area contributed by atoms with Crippen molar-refractivity contribution in [3.05, 3.63) is 46.6 Å². The lowest BCUT2D eigenvalue weighted by molar-refractivity contribution is -0.129. The highest BCUT2D eigenvalue weighted by Crippen LogP contribution is 2.12. The first kappa shape index (κ1) is 15.2. The molecule has 5 nitrogen and oxygen atoms in total. The second-order valence-electron chi connectivity index (χ2n) is 5.40. The normalized spacial score (nSPS) is 10.7. The third-order valence-corrected chi connectivity index (χ3v) is 3.51. The largest absolute Gasteiger partial charge is 0.345 e. The molecule has 0 saturated heterocycles. The summed E-state index contributed by atoms with van der Waals surface area (Å²) in [5.41, 5.74) is 3.41. The molecule has 2 rings (SSSR count). The SMILES string of the molecule is Cc1ccc(C)c(CC(=O)N(C)CCc2noc(C)n2)c1. The minimum absolute atomic E-state index is 0.101. The van der Waals surface area contributed by atoms with Gasteiger partial charge < -0.3 is 9.42 Å². The Morgan fingerprint density at radius 1 is 1.29 bits per heavy atom. The van der Waals surface area contributed by atoms with Gasteiger partial charge in [0, 0.05) is 26.9 Å². The summed E-state index contributed by atoms with van der Waals surface area (Å²) in [5.74, 6) is 1.29. The molecule has 21 heavy (non-hydrogen) atoms. The van der Waals surface area contributed by atoms with E-state index in [-0.39, 0.29) is 5.91 Å². The van der Waals surface area contributed by atoms with Crippen LogP contribution in [-0.2, 0) is 17.6 Å². The van der Waals surface area contributed by atoms with E-state index in [2.05, 4.69) is 28.3 Å². The second kappa shape index (κ2) is 6.52. The standard InChI is InChI=1S/C16H21N3O2/c1-11-5-6-12(2)14(9-11)10-16(20)19(4)8-7-15-17-13(3)21-18-15/h5-6,9H,7-8,10H2,1-4H3. The molecule has 0 saturated carbocycles. The summed E-state index contributed by atoms with van der Waals surface area (Å²) in [7, 11) is 1.81. The van der Waals surface area contributed by atoms with E-state index in [9.17, 15) is 4.79 Å². The highest BCUT2D eigenvalue weighted by Gasteiger charge is 2.12. The Hall–Kier alpha value is -2.17. The van der Waals surface area contributed by atoms with Crippen LogP contribution in [0.15, 0.2) is 22.7 Å². The molecule has 0 N–H and O–H groups in total. The van der Waals surface area contributed by atoms with E-state index in [0.29, 0.717) is 31.1 Å². The van der Waals surface area contributed by atoms with E-state index in [1.165, 1.54) is 5.56 Å². The first-order valence-corrected chi connectivity index (χ1v) is 7.05. The van der Waals surface area contributed by atoms with Crippen LogP contribution in [0.25, 0.3) is 0 Å². The zero-order valence-electron chi connectivity index (χ0n) is 13.0. The van der Waals surface area contributed by atoms with Gasteiger partial charge in [-0.2, -0.15) is 4.98 Å². The summed E-state index contributed by atoms with van der Waals surface area (Å²) >= 11 is 0. The average molecular weight is 287 g/mol. The number of rotatable bonds is 5. The Morgan fingerprint density at radius 2 is 2.05 bits per heavy atom. The number of nitrogens with zero attached hydrogens (tertiary/aromatic N) is 3. The topological polar surface area (TPSA) is 59.2 Å². The molecule has 0 unspecified atom stereocenters. The monoisotopic (exact) mass is 287 g/mol. The molecule has 0 spiro atoms. The predicted molar refractivity (Wildman–Crippen MR) is 80.0 cm³/mol. The van der Waals surface area contributed by atoms with Crippen LogP contribution in [0.5, 0.6) is 0 Å². The van der Waals surface area contributed by atoms with Crippen LogP contribution in [0.4, 0.5) is 0 Å². The smallest absolute Gasteiger partial charge is 0.226 e. The average Bonchev–Trinajstić information content (AvgIpc) is 2.86. The van der Waals surface area contributed by atoms with Crippen molar-refractivity contribution in [1.82, 2.24) is 15.0 Å². The number of aromatic nitrogens is 2. The Labute approximate surface area is 125 Å². The van der Waals surface area contributed by atoms with E-state index < -0.39 is 0 Å². The van der Waals surface area contributed by atoms with E-state index in [1.807, 2.05) is 13.8 Å². The molecule has 0 bridgehead atoms. The molecule has 0 radical (unpaired) electrons. The van der Waals surface area contributed by atoms with E-state index >= 15 is 0 Å². The van der Waals surface area contributed by atoms with Crippen molar-refractivity contribution in [2.75, 3.05) is 13.6 Å². The van der Waals surface area contributed by atoms with Crippen molar-refractivity contribution in [2.45, 2.75) is 33.6 Å². The third kappa shape index (κ3) is 4.15. The lowest BCUT2D eigenvalue weighted by Gasteiger charge is -2.17. The highest BCUT2D eigenvalue weighted by molar-refractivity contribution is 5.78. The molecule has 0 aliphatic heterocycles. The molecule has 2 aromatic rings. The molecule has 5 heteroatoms. The zero-order valence-corrected chi connectivity index (χ0v) is 13.0. The minimum atomic E-state index is 0.101. The number of carbonyl (C=O) groups is 1. The predicted octanol–water partition coefficient (Wildman–Crippen LogP) is 2.24. The molecular formula is C16H21N3O2. The van der Waals surface area contributed by atoms with Gasteiger partial charge in [0.15, 0.2) is 5.82 Å². The first-order valence-electron chi connectivity index (χ1n) is 7.05. The van der Waals surface area contributed by atoms with Crippen LogP contribution >= 0.6 is 0 Å². The Morgan fingerprint density at radius 3 is 2.71 bits per heavy atom. The fourth-order valence-corrected chi connectivity index (χ4v) is 2.12. The number of likely N-dealkylation sites (N-methyl/N-ethyl adjacent to an activating group) is 1. The first-order chi connectivity index (χ1) is 9.95. The van der Waals surface area contributed by atoms with Crippen molar-refractivity contribution in [3.8, 4) is 0 Å². The van der Waals surface area contributed by atoms with E-state index in [1.54, 1.807) is 18.9 Å². The molecule has 0 aliphatic rings. The molecule has 112 valence electrons. The summed E-state index contributed by atoms with van der Waals surface area (Å²) in [4.78, 5) is 18.1. The summed E-state index contributed by atoms with van der Waals surface area (Å²) in [6, 6.07) is 6.19.